The van der Waals surface area contributed by atoms with Gasteiger partial charge in [-0.15, -0.1) is 17.8 Å². The molecule has 0 saturated carbocycles. The summed E-state index contributed by atoms with van der Waals surface area (Å²) in [4.78, 5) is 27.4. The second kappa shape index (κ2) is 15.0. The summed E-state index contributed by atoms with van der Waals surface area (Å²) in [6, 6.07) is 1.28. The quantitative estimate of drug-likeness (QED) is 0.471. The first kappa shape index (κ1) is 30.1. The Bertz CT molecular complexity index is 969. The molecule has 0 radical (unpaired) electrons. The first-order valence-electron chi connectivity index (χ1n) is 11.3. The van der Waals surface area contributed by atoms with E-state index in [2.05, 4.69) is 50.8 Å². The summed E-state index contributed by atoms with van der Waals surface area (Å²) >= 11 is 1.47. The maximum atomic E-state index is 11.0. The van der Waals surface area contributed by atoms with Gasteiger partial charge < -0.3 is 10.2 Å². The van der Waals surface area contributed by atoms with Crippen molar-refractivity contribution < 1.29 is 9.59 Å². The highest BCUT2D eigenvalue weighted by Crippen LogP contribution is 2.34. The third-order valence-corrected chi connectivity index (χ3v) is 6.13. The first-order chi connectivity index (χ1) is 15.7. The molecule has 1 aliphatic rings. The van der Waals surface area contributed by atoms with E-state index >= 15 is 0 Å². The highest BCUT2D eigenvalue weighted by molar-refractivity contribution is 7.17. The minimum Gasteiger partial charge on any atom is -0.342 e. The van der Waals surface area contributed by atoms with Gasteiger partial charge in [-0.3, -0.25) is 14.6 Å². The molecule has 1 unspecified atom stereocenters. The van der Waals surface area contributed by atoms with Crippen molar-refractivity contribution in [3.63, 3.8) is 0 Å². The lowest BCUT2D eigenvalue weighted by Crippen LogP contribution is -2.27. The molecule has 0 spiro atoms. The summed E-state index contributed by atoms with van der Waals surface area (Å²) in [6.45, 7) is 18.4. The van der Waals surface area contributed by atoms with Gasteiger partial charge in [-0.05, 0) is 11.3 Å². The number of nitrogens with zero attached hydrogens (tertiary/aromatic N) is 3. The van der Waals surface area contributed by atoms with Crippen LogP contribution in [0.4, 0.5) is 0 Å². The van der Waals surface area contributed by atoms with Gasteiger partial charge >= 0.3 is 0 Å². The number of carbonyl (C=O) groups is 2. The molecule has 1 N–H and O–H groups in total. The Hall–Kier alpha value is -2.90. The van der Waals surface area contributed by atoms with Crippen molar-refractivity contribution in [3.8, 4) is 18.4 Å². The summed E-state index contributed by atoms with van der Waals surface area (Å²) in [6.07, 6.45) is 10.4. The monoisotopic (exact) mass is 470 g/mol. The van der Waals surface area contributed by atoms with Crippen LogP contribution in [0.2, 0.25) is 0 Å². The fourth-order valence-electron chi connectivity index (χ4n) is 3.14. The van der Waals surface area contributed by atoms with Gasteiger partial charge in [0.25, 0.3) is 0 Å². The number of carbonyl (C=O) groups excluding carboxylic acids is 2. The molecule has 0 aromatic carbocycles. The van der Waals surface area contributed by atoms with Gasteiger partial charge in [0.2, 0.25) is 12.3 Å². The Morgan fingerprint density at radius 3 is 2.42 bits per heavy atom. The average molecular weight is 471 g/mol. The van der Waals surface area contributed by atoms with E-state index in [1.807, 2.05) is 30.2 Å². The number of hydrogen-bond donors (Lipinski definition) is 1. The van der Waals surface area contributed by atoms with Crippen LogP contribution in [0.1, 0.15) is 79.0 Å². The second-order valence-electron chi connectivity index (χ2n) is 8.24. The number of nitriles is 1. The van der Waals surface area contributed by atoms with Crippen molar-refractivity contribution in [1.29, 1.82) is 5.26 Å². The summed E-state index contributed by atoms with van der Waals surface area (Å²) in [7, 11) is 0. The zero-order valence-electron chi connectivity index (χ0n) is 21.2. The van der Waals surface area contributed by atoms with E-state index in [1.54, 1.807) is 19.3 Å². The Labute approximate surface area is 203 Å². The Morgan fingerprint density at radius 2 is 2.03 bits per heavy atom. The number of aromatic nitrogens is 1. The van der Waals surface area contributed by atoms with Crippen molar-refractivity contribution in [1.82, 2.24) is 15.2 Å². The zero-order valence-corrected chi connectivity index (χ0v) is 22.0. The molecule has 1 saturated heterocycles. The number of rotatable bonds is 3. The molecular formula is C26H38N4O2S. The molecule has 0 bridgehead atoms. The minimum atomic E-state index is -0.731. The van der Waals surface area contributed by atoms with Gasteiger partial charge in [0.1, 0.15) is 6.04 Å². The lowest BCUT2D eigenvalue weighted by atomic mass is 9.84. The van der Waals surface area contributed by atoms with Crippen LogP contribution in [0, 0.1) is 35.0 Å². The summed E-state index contributed by atoms with van der Waals surface area (Å²) in [5, 5.41) is 14.1. The minimum absolute atomic E-state index is 0.211. The van der Waals surface area contributed by atoms with Gasteiger partial charge in [0, 0.05) is 54.3 Å². The number of hydrogen-bond acceptors (Lipinski definition) is 5. The van der Waals surface area contributed by atoms with E-state index < -0.39 is 6.04 Å². The number of fused-ring (bicyclic) bond motifs is 1. The third-order valence-electron chi connectivity index (χ3n) is 5.22. The molecule has 3 rings (SSSR count). The average Bonchev–Trinajstić information content (AvgIpc) is 3.34. The van der Waals surface area contributed by atoms with Gasteiger partial charge in [-0.2, -0.15) is 5.26 Å². The van der Waals surface area contributed by atoms with Crippen molar-refractivity contribution in [2.75, 3.05) is 13.1 Å². The molecule has 7 heteroatoms. The summed E-state index contributed by atoms with van der Waals surface area (Å²) in [5.41, 5.74) is 1.66. The molecule has 3 heterocycles. The second-order valence-corrected chi connectivity index (χ2v) is 9.15. The number of thiophene rings is 1. The molecular weight excluding hydrogens is 432 g/mol. The lowest BCUT2D eigenvalue weighted by molar-refractivity contribution is -0.128. The summed E-state index contributed by atoms with van der Waals surface area (Å²) < 4.78 is 0.906. The SMILES string of the molecule is C#Cc1csc2cncc(C(C#N)NC=O)c12.CC.CC(=O)N1C[C@H](C)C(C)(C)C1.CCC. The number of terminal acetylenes is 1. The molecule has 6 nitrogen and oxygen atoms in total. The van der Waals surface area contributed by atoms with E-state index in [9.17, 15) is 9.59 Å². The van der Waals surface area contributed by atoms with E-state index in [4.69, 9.17) is 11.7 Å². The number of amides is 2. The largest absolute Gasteiger partial charge is 0.342 e. The first-order valence-corrected chi connectivity index (χ1v) is 12.2. The Balaban J connectivity index is 0.000000552. The van der Waals surface area contributed by atoms with Crippen LogP contribution in [0.15, 0.2) is 17.8 Å². The van der Waals surface area contributed by atoms with Gasteiger partial charge in [0.05, 0.1) is 10.8 Å². The molecule has 2 amide bonds. The molecule has 2 aromatic rings. The molecule has 33 heavy (non-hydrogen) atoms. The smallest absolute Gasteiger partial charge is 0.219 e. The van der Waals surface area contributed by atoms with E-state index in [0.717, 1.165) is 28.7 Å². The molecule has 1 fully saturated rings. The van der Waals surface area contributed by atoms with Crippen LogP contribution in [0.3, 0.4) is 0 Å². The normalized spacial score (nSPS) is 16.3. The molecule has 2 atom stereocenters. The van der Waals surface area contributed by atoms with Gasteiger partial charge in [-0.1, -0.05) is 60.8 Å². The van der Waals surface area contributed by atoms with Crippen LogP contribution in [-0.2, 0) is 9.59 Å². The van der Waals surface area contributed by atoms with Gasteiger partial charge in [-0.25, -0.2) is 0 Å². The van der Waals surface area contributed by atoms with E-state index in [0.29, 0.717) is 23.3 Å². The van der Waals surface area contributed by atoms with E-state index in [-0.39, 0.29) is 5.91 Å². The molecule has 2 aromatic heterocycles. The number of nitrogens with one attached hydrogen (secondary N) is 1. The lowest BCUT2D eigenvalue weighted by Gasteiger charge is -2.21. The van der Waals surface area contributed by atoms with Crippen LogP contribution in [0.25, 0.3) is 10.1 Å². The predicted octanol–water partition coefficient (Wildman–Crippen LogP) is 5.54. The number of likely N-dealkylation sites (tertiary alicyclic amines) is 1. The topological polar surface area (TPSA) is 86.1 Å². The fraction of sp³-hybridized carbons (Fsp3) is 0.538. The van der Waals surface area contributed by atoms with Crippen LogP contribution in [-0.4, -0.2) is 35.3 Å². The number of pyridine rings is 1. The van der Waals surface area contributed by atoms with Crippen molar-refractivity contribution in [2.45, 2.75) is 67.9 Å². The fourth-order valence-corrected chi connectivity index (χ4v) is 4.03. The van der Waals surface area contributed by atoms with Crippen molar-refractivity contribution >= 4 is 33.7 Å². The maximum absolute atomic E-state index is 11.0. The van der Waals surface area contributed by atoms with Gasteiger partial charge in [0.15, 0.2) is 0 Å². The Kier molecular flexibility index (Phi) is 13.7. The highest BCUT2D eigenvalue weighted by Gasteiger charge is 2.37. The Morgan fingerprint density at radius 1 is 1.42 bits per heavy atom. The van der Waals surface area contributed by atoms with E-state index in [1.165, 1.54) is 17.8 Å². The third kappa shape index (κ3) is 8.51. The molecule has 0 aliphatic carbocycles. The van der Waals surface area contributed by atoms with Crippen molar-refractivity contribution in [2.24, 2.45) is 11.3 Å². The highest BCUT2D eigenvalue weighted by atomic mass is 32.1. The van der Waals surface area contributed by atoms with Crippen LogP contribution in [0.5, 0.6) is 0 Å². The zero-order chi connectivity index (χ0) is 25.6. The standard InChI is InChI=1S/C12H7N3OS.C9H17NO.C3H8.C2H6/c1-2-8-6-17-11-5-14-4-9(12(8)11)10(3-13)15-7-16;1-7-5-10(8(2)11)6-9(7,3)4;1-3-2;1-2/h1,4-7,10H,(H,15,16);7H,5-6H2,1-4H3;3H2,1-2H3;1-2H3/t;7-;;/m.0../s1. The molecule has 1 aliphatic heterocycles. The van der Waals surface area contributed by atoms with Crippen LogP contribution >= 0.6 is 11.3 Å². The van der Waals surface area contributed by atoms with Crippen LogP contribution < -0.4 is 5.32 Å². The maximum Gasteiger partial charge on any atom is 0.219 e. The predicted molar refractivity (Wildman–Crippen MR) is 138 cm³/mol. The molecule has 180 valence electrons. The summed E-state index contributed by atoms with van der Waals surface area (Å²) in [5.74, 6) is 3.41. The van der Waals surface area contributed by atoms with Crippen molar-refractivity contribution in [3.05, 3.63) is 28.9 Å².